The first-order chi connectivity index (χ1) is 17.9. The molecule has 8 unspecified atom stereocenters. The lowest BCUT2D eigenvalue weighted by molar-refractivity contribution is -0.216. The third-order valence-corrected chi connectivity index (χ3v) is 13.1. The van der Waals surface area contributed by atoms with E-state index in [-0.39, 0.29) is 24.2 Å². The molecule has 6 heteroatoms. The van der Waals surface area contributed by atoms with Crippen LogP contribution in [0, 0.1) is 45.3 Å². The van der Waals surface area contributed by atoms with Gasteiger partial charge in [-0.15, -0.1) is 0 Å². The maximum Gasteiger partial charge on any atom is 0.215 e. The number of hydrogen-bond donors (Lipinski definition) is 1. The quantitative estimate of drug-likeness (QED) is 0.331. The minimum Gasteiger partial charge on any atom is -0.390 e. The van der Waals surface area contributed by atoms with Gasteiger partial charge in [0.15, 0.2) is 6.29 Å². The third kappa shape index (κ3) is 3.94. The average Bonchev–Trinajstić information content (AvgIpc) is 3.42. The Balaban J connectivity index is 1.19. The molecule has 6 aliphatic rings. The van der Waals surface area contributed by atoms with E-state index in [0.29, 0.717) is 46.8 Å². The first-order valence-electron chi connectivity index (χ1n) is 15.4. The van der Waals surface area contributed by atoms with Gasteiger partial charge < -0.3 is 24.1 Å². The summed E-state index contributed by atoms with van der Waals surface area (Å²) in [5, 5.41) is 10.4. The molecule has 214 valence electrons. The molecule has 1 saturated heterocycles. The van der Waals surface area contributed by atoms with E-state index in [1.54, 1.807) is 0 Å². The summed E-state index contributed by atoms with van der Waals surface area (Å²) in [6, 6.07) is 0. The molecule has 5 saturated carbocycles. The van der Waals surface area contributed by atoms with Crippen molar-refractivity contribution < 1.29 is 28.9 Å². The first-order valence-corrected chi connectivity index (χ1v) is 15.4. The zero-order chi connectivity index (χ0) is 27.1. The Labute approximate surface area is 228 Å². The predicted molar refractivity (Wildman–Crippen MR) is 143 cm³/mol. The summed E-state index contributed by atoms with van der Waals surface area (Å²) in [7, 11) is 0. The molecule has 0 aromatic rings. The largest absolute Gasteiger partial charge is 0.390 e. The zero-order valence-corrected chi connectivity index (χ0v) is 24.2. The Morgan fingerprint density at radius 1 is 0.974 bits per heavy atom. The van der Waals surface area contributed by atoms with Crippen LogP contribution in [0.15, 0.2) is 0 Å². The van der Waals surface area contributed by atoms with Gasteiger partial charge in [-0.2, -0.15) is 0 Å². The molecule has 0 aromatic heterocycles. The van der Waals surface area contributed by atoms with Crippen molar-refractivity contribution in [3.63, 3.8) is 0 Å². The van der Waals surface area contributed by atoms with Gasteiger partial charge in [-0.1, -0.05) is 20.8 Å². The van der Waals surface area contributed by atoms with Crippen molar-refractivity contribution in [2.45, 2.75) is 135 Å². The molecule has 38 heavy (non-hydrogen) atoms. The van der Waals surface area contributed by atoms with Crippen molar-refractivity contribution in [2.75, 3.05) is 6.61 Å². The fraction of sp³-hybridized carbons (Fsp3) is 0.938. The van der Waals surface area contributed by atoms with E-state index in [0.717, 1.165) is 31.1 Å². The van der Waals surface area contributed by atoms with Gasteiger partial charge >= 0.3 is 0 Å². The van der Waals surface area contributed by atoms with E-state index in [1.807, 2.05) is 13.8 Å². The van der Waals surface area contributed by atoms with Crippen LogP contribution in [-0.4, -0.2) is 54.5 Å². The number of carbonyl (C=O) groups is 2. The monoisotopic (exact) mass is 530 g/mol. The van der Waals surface area contributed by atoms with Crippen molar-refractivity contribution in [2.24, 2.45) is 45.3 Å². The molecule has 11 atom stereocenters. The number of hydrogen-bond acceptors (Lipinski definition) is 6. The Bertz CT molecular complexity index is 941. The Hall–Kier alpha value is -0.820. The van der Waals surface area contributed by atoms with Crippen molar-refractivity contribution in [1.82, 2.24) is 0 Å². The van der Waals surface area contributed by atoms with Crippen LogP contribution in [-0.2, 0) is 23.8 Å². The number of ether oxygens (including phenoxy) is 3. The van der Waals surface area contributed by atoms with Crippen LogP contribution in [0.25, 0.3) is 0 Å². The minimum atomic E-state index is -0.958. The normalized spacial score (nSPS) is 49.5. The van der Waals surface area contributed by atoms with Crippen molar-refractivity contribution >= 4 is 12.6 Å². The van der Waals surface area contributed by atoms with Crippen LogP contribution in [0.3, 0.4) is 0 Å². The van der Waals surface area contributed by atoms with Crippen LogP contribution >= 0.6 is 0 Å². The number of fused-ring (bicyclic) bond motifs is 4. The summed E-state index contributed by atoms with van der Waals surface area (Å²) < 4.78 is 18.3. The number of carbonyl (C=O) groups excluding carboxylic acids is 2. The molecule has 6 nitrogen and oxygen atoms in total. The van der Waals surface area contributed by atoms with Crippen LogP contribution in [0.1, 0.15) is 105 Å². The second-order valence-corrected chi connectivity index (χ2v) is 15.6. The van der Waals surface area contributed by atoms with Gasteiger partial charge in [-0.05, 0) is 123 Å². The van der Waals surface area contributed by atoms with E-state index in [1.165, 1.54) is 51.4 Å². The second kappa shape index (κ2) is 9.09. The molecule has 5 aliphatic carbocycles. The molecular formula is C32H50O6. The van der Waals surface area contributed by atoms with Crippen molar-refractivity contribution in [1.29, 1.82) is 0 Å². The van der Waals surface area contributed by atoms with E-state index >= 15 is 0 Å². The maximum atomic E-state index is 11.6. The molecule has 0 amide bonds. The SMILES string of the molecule is CC(C)(O)CC1CC[C@H]2C(CC3C4CCC5C(C)(C)[C@@H](OC(C=O)OCC=O)CCC56C[C@@]46CCC32C)O1. The van der Waals surface area contributed by atoms with Crippen LogP contribution < -0.4 is 0 Å². The topological polar surface area (TPSA) is 82.1 Å². The van der Waals surface area contributed by atoms with Gasteiger partial charge in [0.1, 0.15) is 12.9 Å². The molecule has 1 aliphatic heterocycles. The predicted octanol–water partition coefficient (Wildman–Crippen LogP) is 5.48. The van der Waals surface area contributed by atoms with Crippen molar-refractivity contribution in [3.8, 4) is 0 Å². The van der Waals surface area contributed by atoms with Gasteiger partial charge in [0.25, 0.3) is 0 Å². The molecule has 1 heterocycles. The lowest BCUT2D eigenvalue weighted by atomic mass is 9.46. The van der Waals surface area contributed by atoms with Gasteiger partial charge in [-0.25, -0.2) is 0 Å². The third-order valence-electron chi connectivity index (χ3n) is 13.1. The smallest absolute Gasteiger partial charge is 0.215 e. The molecular weight excluding hydrogens is 480 g/mol. The minimum absolute atomic E-state index is 0.0292. The Morgan fingerprint density at radius 2 is 1.74 bits per heavy atom. The highest BCUT2D eigenvalue weighted by Gasteiger charge is 2.80. The fourth-order valence-corrected chi connectivity index (χ4v) is 11.7. The molecule has 0 bridgehead atoms. The van der Waals surface area contributed by atoms with Gasteiger partial charge in [0.2, 0.25) is 6.29 Å². The van der Waals surface area contributed by atoms with Crippen molar-refractivity contribution in [3.05, 3.63) is 0 Å². The average molecular weight is 531 g/mol. The van der Waals surface area contributed by atoms with Gasteiger partial charge in [0.05, 0.1) is 23.9 Å². The summed E-state index contributed by atoms with van der Waals surface area (Å²) in [5.41, 5.74) is 0.576. The highest BCUT2D eigenvalue weighted by atomic mass is 16.7. The molecule has 1 N–H and O–H groups in total. The Morgan fingerprint density at radius 3 is 2.45 bits per heavy atom. The molecule has 0 radical (unpaired) electrons. The molecule has 6 rings (SSSR count). The van der Waals surface area contributed by atoms with Crippen LogP contribution in [0.5, 0.6) is 0 Å². The number of aldehydes is 2. The summed E-state index contributed by atoms with van der Waals surface area (Å²) >= 11 is 0. The fourth-order valence-electron chi connectivity index (χ4n) is 11.7. The molecule has 6 fully saturated rings. The standard InChI is InChI=1S/C32H50O6/c1-28(2,35)17-20-6-7-22-24(37-20)16-23-21-8-9-25-29(3,4)26(38-27(18-34)36-15-14-33)10-11-32(25)19-31(21,32)13-12-30(22,23)5/h14,18,20-27,35H,6-13,15-17,19H2,1-5H3/t20?,21?,22-,23?,24?,25?,26-,27?,30?,31-,32?/m0/s1. The summed E-state index contributed by atoms with van der Waals surface area (Å²) in [4.78, 5) is 22.3. The highest BCUT2D eigenvalue weighted by molar-refractivity contribution is 5.55. The zero-order valence-electron chi connectivity index (χ0n) is 24.2. The number of aliphatic hydroxyl groups is 1. The Kier molecular flexibility index (Phi) is 6.54. The lowest BCUT2D eigenvalue weighted by Gasteiger charge is -2.59. The number of rotatable bonds is 8. The maximum absolute atomic E-state index is 11.6. The van der Waals surface area contributed by atoms with E-state index in [2.05, 4.69) is 20.8 Å². The van der Waals surface area contributed by atoms with E-state index in [9.17, 15) is 14.7 Å². The lowest BCUT2D eigenvalue weighted by Crippen LogP contribution is -2.55. The molecule has 0 aromatic carbocycles. The van der Waals surface area contributed by atoms with Crippen LogP contribution in [0.4, 0.5) is 0 Å². The van der Waals surface area contributed by atoms with Gasteiger partial charge in [-0.3, -0.25) is 4.79 Å². The first kappa shape index (κ1) is 27.4. The molecule has 2 spiro atoms. The summed E-state index contributed by atoms with van der Waals surface area (Å²) in [6.07, 6.45) is 14.0. The summed E-state index contributed by atoms with van der Waals surface area (Å²) in [6.45, 7) is 11.0. The highest BCUT2D eigenvalue weighted by Crippen LogP contribution is 2.87. The van der Waals surface area contributed by atoms with E-state index in [4.69, 9.17) is 14.2 Å². The van der Waals surface area contributed by atoms with Crippen LogP contribution in [0.2, 0.25) is 0 Å². The second-order valence-electron chi connectivity index (χ2n) is 15.6. The van der Waals surface area contributed by atoms with E-state index < -0.39 is 11.9 Å². The van der Waals surface area contributed by atoms with Gasteiger partial charge in [0, 0.05) is 6.42 Å². The summed E-state index contributed by atoms with van der Waals surface area (Å²) in [5.74, 6) is 2.82.